The Morgan fingerprint density at radius 2 is 2.05 bits per heavy atom. The van der Waals surface area contributed by atoms with Crippen molar-refractivity contribution in [3.8, 4) is 11.1 Å². The lowest BCUT2D eigenvalue weighted by Gasteiger charge is -2.20. The lowest BCUT2D eigenvalue weighted by Crippen LogP contribution is -2.23. The van der Waals surface area contributed by atoms with Crippen LogP contribution in [-0.4, -0.2) is 64.8 Å². The molecule has 5 heterocycles. The molecule has 0 bridgehead atoms. The zero-order valence-electron chi connectivity index (χ0n) is 21.4. The van der Waals surface area contributed by atoms with Crippen molar-refractivity contribution in [3.63, 3.8) is 0 Å². The van der Waals surface area contributed by atoms with E-state index in [2.05, 4.69) is 25.6 Å². The first-order valence-electron chi connectivity index (χ1n) is 12.4. The number of halogens is 2. The first kappa shape index (κ1) is 25.1. The van der Waals surface area contributed by atoms with E-state index in [0.717, 1.165) is 18.7 Å². The Labute approximate surface area is 226 Å². The van der Waals surface area contributed by atoms with Gasteiger partial charge >= 0.3 is 5.97 Å². The number of aromatic nitrogens is 4. The van der Waals surface area contributed by atoms with Crippen molar-refractivity contribution < 1.29 is 14.3 Å². The van der Waals surface area contributed by atoms with E-state index in [1.807, 2.05) is 19.0 Å². The summed E-state index contributed by atoms with van der Waals surface area (Å²) in [5, 5.41) is 17.4. The number of nitrogens with zero attached hydrogens (tertiary/aromatic N) is 4. The summed E-state index contributed by atoms with van der Waals surface area (Å²) in [5.41, 5.74) is 3.04. The van der Waals surface area contributed by atoms with E-state index in [1.165, 1.54) is 12.3 Å². The predicted octanol–water partition coefficient (Wildman–Crippen LogP) is 4.23. The summed E-state index contributed by atoms with van der Waals surface area (Å²) < 4.78 is 16.6. The summed E-state index contributed by atoms with van der Waals surface area (Å²) in [4.78, 5) is 39.6. The summed E-state index contributed by atoms with van der Waals surface area (Å²) in [5.74, 6) is -1.86. The van der Waals surface area contributed by atoms with Crippen LogP contribution < -0.4 is 21.0 Å². The minimum absolute atomic E-state index is 0.0192. The Hall–Kier alpha value is -4.22. The van der Waals surface area contributed by atoms with Gasteiger partial charge in [-0.05, 0) is 25.1 Å². The molecule has 0 amide bonds. The minimum Gasteiger partial charge on any atom is -0.477 e. The first-order chi connectivity index (χ1) is 18.7. The average molecular weight is 550 g/mol. The van der Waals surface area contributed by atoms with Gasteiger partial charge in [0, 0.05) is 68.8 Å². The van der Waals surface area contributed by atoms with E-state index in [4.69, 9.17) is 11.6 Å². The summed E-state index contributed by atoms with van der Waals surface area (Å²) >= 11 is 6.22. The number of carboxylic acid groups (broad SMARTS) is 1. The predicted molar refractivity (Wildman–Crippen MR) is 151 cm³/mol. The molecule has 5 aromatic rings. The molecule has 1 fully saturated rings. The lowest BCUT2D eigenvalue weighted by atomic mass is 10.0. The molecular weight excluding hydrogens is 525 g/mol. The fourth-order valence-electron chi connectivity index (χ4n) is 5.52. The fourth-order valence-corrected chi connectivity index (χ4v) is 5.77. The van der Waals surface area contributed by atoms with Crippen LogP contribution in [0.25, 0.3) is 44.1 Å². The van der Waals surface area contributed by atoms with Gasteiger partial charge in [-0.3, -0.25) is 4.79 Å². The van der Waals surface area contributed by atoms with Gasteiger partial charge in [-0.25, -0.2) is 19.2 Å². The van der Waals surface area contributed by atoms with Crippen molar-refractivity contribution in [2.45, 2.75) is 12.5 Å². The van der Waals surface area contributed by atoms with Crippen LogP contribution in [0, 0.1) is 5.82 Å². The Bertz CT molecular complexity index is 1880. The van der Waals surface area contributed by atoms with E-state index < -0.39 is 17.2 Å². The van der Waals surface area contributed by atoms with Gasteiger partial charge in [0.05, 0.1) is 27.7 Å². The zero-order chi connectivity index (χ0) is 27.6. The van der Waals surface area contributed by atoms with Gasteiger partial charge in [-0.15, -0.1) is 0 Å². The van der Waals surface area contributed by atoms with Crippen LogP contribution in [0.1, 0.15) is 22.8 Å². The lowest BCUT2D eigenvalue weighted by molar-refractivity contribution is 0.0694. The number of aromatic amines is 1. The quantitative estimate of drug-likeness (QED) is 0.256. The zero-order valence-corrected chi connectivity index (χ0v) is 22.1. The van der Waals surface area contributed by atoms with Crippen LogP contribution in [0.4, 0.5) is 15.8 Å². The van der Waals surface area contributed by atoms with Crippen LogP contribution in [-0.2, 0) is 0 Å². The number of carbonyl (C=O) groups is 1. The molecule has 10 nitrogen and oxygen atoms in total. The van der Waals surface area contributed by atoms with Crippen LogP contribution in [0.2, 0.25) is 5.02 Å². The van der Waals surface area contributed by atoms with E-state index in [0.29, 0.717) is 50.9 Å². The molecule has 1 aliphatic rings. The number of hydrogen-bond acceptors (Lipinski definition) is 7. The molecule has 1 aliphatic heterocycles. The third-order valence-electron chi connectivity index (χ3n) is 7.32. The normalized spacial score (nSPS) is 15.5. The third-order valence-corrected chi connectivity index (χ3v) is 7.69. The van der Waals surface area contributed by atoms with Crippen molar-refractivity contribution in [2.75, 3.05) is 44.4 Å². The monoisotopic (exact) mass is 549 g/mol. The number of fused-ring (bicyclic) bond motifs is 4. The molecule has 1 atom stereocenters. The summed E-state index contributed by atoms with van der Waals surface area (Å²) in [6.45, 7) is 1.45. The van der Waals surface area contributed by atoms with E-state index in [1.54, 1.807) is 30.1 Å². The van der Waals surface area contributed by atoms with Crippen LogP contribution in [0.5, 0.6) is 0 Å². The molecule has 4 aromatic heterocycles. The van der Waals surface area contributed by atoms with E-state index in [-0.39, 0.29) is 22.0 Å². The summed E-state index contributed by atoms with van der Waals surface area (Å²) in [6.07, 6.45) is 5.50. The molecular formula is C27H25ClFN7O3. The number of carboxylic acids is 1. The van der Waals surface area contributed by atoms with Gasteiger partial charge in [0.15, 0.2) is 0 Å². The number of anilines is 2. The van der Waals surface area contributed by atoms with Gasteiger partial charge < -0.3 is 30.2 Å². The second kappa shape index (κ2) is 9.21. The Balaban J connectivity index is 1.66. The number of benzene rings is 1. The highest BCUT2D eigenvalue weighted by molar-refractivity contribution is 6.35. The number of hydrogen-bond donors (Lipinski definition) is 4. The largest absolute Gasteiger partial charge is 0.477 e. The number of rotatable bonds is 5. The molecule has 6 rings (SSSR count). The van der Waals surface area contributed by atoms with Gasteiger partial charge in [0.25, 0.3) is 0 Å². The standard InChI is InChI=1S/C27H25ClFN7O3/c1-30-22-20(28)18(29)7-14-19-23(35(2)3)16(10-32-25(19)34-21(14)22)12-6-15-24(37)17(27(38)39)11-36(26(15)33-8-12)13-4-5-31-9-13/h6-8,10-11,13,30-31H,4-5,9H2,1-3H3,(H,32,34)(H,38,39). The topological polar surface area (TPSA) is 128 Å². The molecule has 4 N–H and O–H groups in total. The first-order valence-corrected chi connectivity index (χ1v) is 12.8. The van der Waals surface area contributed by atoms with Gasteiger partial charge in [0.2, 0.25) is 5.43 Å². The van der Waals surface area contributed by atoms with E-state index >= 15 is 0 Å². The SMILES string of the molecule is CNc1c(Cl)c(F)cc2c1[nH]c1ncc(-c3cnc4c(c3)c(=O)c(C(=O)O)cn4C3CCNC3)c(N(C)C)c12. The Morgan fingerprint density at radius 3 is 2.72 bits per heavy atom. The van der Waals surface area contributed by atoms with Crippen LogP contribution >= 0.6 is 11.6 Å². The van der Waals surface area contributed by atoms with Crippen LogP contribution in [0.15, 0.2) is 35.5 Å². The number of aromatic carboxylic acids is 1. The summed E-state index contributed by atoms with van der Waals surface area (Å²) in [7, 11) is 5.39. The molecule has 12 heteroatoms. The highest BCUT2D eigenvalue weighted by Crippen LogP contribution is 2.43. The maximum Gasteiger partial charge on any atom is 0.341 e. The van der Waals surface area contributed by atoms with Crippen molar-refractivity contribution >= 4 is 61.9 Å². The molecule has 0 radical (unpaired) electrons. The maximum atomic E-state index is 14.8. The highest BCUT2D eigenvalue weighted by Gasteiger charge is 2.25. The van der Waals surface area contributed by atoms with E-state index in [9.17, 15) is 19.1 Å². The smallest absolute Gasteiger partial charge is 0.341 e. The summed E-state index contributed by atoms with van der Waals surface area (Å²) in [6, 6.07) is 3.02. The van der Waals surface area contributed by atoms with Crippen molar-refractivity contribution in [2.24, 2.45) is 0 Å². The molecule has 0 saturated carbocycles. The van der Waals surface area contributed by atoms with Crippen molar-refractivity contribution in [1.82, 2.24) is 24.8 Å². The second-order valence-corrected chi connectivity index (χ2v) is 10.2. The fraction of sp³-hybridized carbons (Fsp3) is 0.259. The number of pyridine rings is 3. The van der Waals surface area contributed by atoms with Gasteiger partial charge in [-0.1, -0.05) is 11.6 Å². The molecule has 1 unspecified atom stereocenters. The van der Waals surface area contributed by atoms with Crippen molar-refractivity contribution in [3.05, 3.63) is 57.3 Å². The second-order valence-electron chi connectivity index (χ2n) is 9.81. The molecule has 1 saturated heterocycles. The Kier molecular flexibility index (Phi) is 5.92. The molecule has 39 heavy (non-hydrogen) atoms. The molecule has 0 spiro atoms. The minimum atomic E-state index is -1.29. The molecule has 0 aliphatic carbocycles. The van der Waals surface area contributed by atoms with Crippen LogP contribution in [0.3, 0.4) is 0 Å². The van der Waals surface area contributed by atoms with Gasteiger partial charge in [0.1, 0.15) is 27.7 Å². The molecule has 1 aromatic carbocycles. The maximum absolute atomic E-state index is 14.8. The number of nitrogens with one attached hydrogen (secondary N) is 3. The highest BCUT2D eigenvalue weighted by atomic mass is 35.5. The van der Waals surface area contributed by atoms with Crippen molar-refractivity contribution in [1.29, 1.82) is 0 Å². The number of H-pyrrole nitrogens is 1. The van der Waals surface area contributed by atoms with Gasteiger partial charge in [-0.2, -0.15) is 0 Å². The third kappa shape index (κ3) is 3.80. The molecule has 200 valence electrons. The Morgan fingerprint density at radius 1 is 1.26 bits per heavy atom. The average Bonchev–Trinajstić information content (AvgIpc) is 3.57.